The van der Waals surface area contributed by atoms with E-state index in [9.17, 15) is 13.2 Å². The molecule has 3 aromatic rings. The van der Waals surface area contributed by atoms with E-state index in [1.165, 1.54) is 12.1 Å². The average Bonchev–Trinajstić information content (AvgIpc) is 2.61. The number of nitrogens with zero attached hydrogens (tertiary/aromatic N) is 1. The second kappa shape index (κ2) is 6.75. The first-order chi connectivity index (χ1) is 12.3. The molecule has 0 saturated carbocycles. The molecule has 0 bridgehead atoms. The van der Waals surface area contributed by atoms with Gasteiger partial charge in [0, 0.05) is 17.6 Å². The molecular weight excluding hydrogens is 350 g/mol. The van der Waals surface area contributed by atoms with Crippen LogP contribution in [0.2, 0.25) is 0 Å². The number of rotatable bonds is 4. The molecule has 0 fully saturated rings. The number of H-pyrrole nitrogens is 1. The standard InChI is InChI=1S/C19H17N3O3S/c1-12-7-15-9-16(19(23)22-17(15)8-13(12)2)11-21-26(24,25)18-6-4-3-5-14(18)10-20/h3-9,21H,11H2,1-2H3,(H,22,23). The second-order valence-corrected chi connectivity index (χ2v) is 7.82. The molecule has 0 aliphatic rings. The first kappa shape index (κ1) is 17.9. The minimum atomic E-state index is -3.91. The van der Waals surface area contributed by atoms with Crippen LogP contribution in [-0.4, -0.2) is 13.4 Å². The first-order valence-corrected chi connectivity index (χ1v) is 9.42. The van der Waals surface area contributed by atoms with Crippen LogP contribution in [0.4, 0.5) is 0 Å². The Labute approximate surface area is 151 Å². The van der Waals surface area contributed by atoms with Crippen molar-refractivity contribution >= 4 is 20.9 Å². The van der Waals surface area contributed by atoms with Crippen molar-refractivity contribution in [3.8, 4) is 6.07 Å². The fourth-order valence-corrected chi connectivity index (χ4v) is 3.86. The van der Waals surface area contributed by atoms with Crippen molar-refractivity contribution in [2.45, 2.75) is 25.3 Å². The van der Waals surface area contributed by atoms with E-state index >= 15 is 0 Å². The Hall–Kier alpha value is -2.95. The van der Waals surface area contributed by atoms with Gasteiger partial charge in [-0.2, -0.15) is 5.26 Å². The summed E-state index contributed by atoms with van der Waals surface area (Å²) in [7, 11) is -3.91. The number of aromatic amines is 1. The highest BCUT2D eigenvalue weighted by Crippen LogP contribution is 2.18. The molecule has 0 amide bonds. The van der Waals surface area contributed by atoms with Gasteiger partial charge in [-0.05, 0) is 60.7 Å². The van der Waals surface area contributed by atoms with Gasteiger partial charge in [0.2, 0.25) is 10.0 Å². The van der Waals surface area contributed by atoms with E-state index in [1.54, 1.807) is 18.2 Å². The van der Waals surface area contributed by atoms with Gasteiger partial charge < -0.3 is 4.98 Å². The second-order valence-electron chi connectivity index (χ2n) is 6.08. The zero-order valence-electron chi connectivity index (χ0n) is 14.3. The van der Waals surface area contributed by atoms with E-state index in [4.69, 9.17) is 5.26 Å². The molecule has 0 saturated heterocycles. The fraction of sp³-hybridized carbons (Fsp3) is 0.158. The van der Waals surface area contributed by atoms with Gasteiger partial charge in [-0.15, -0.1) is 0 Å². The third-order valence-electron chi connectivity index (χ3n) is 4.29. The number of benzene rings is 2. The van der Waals surface area contributed by atoms with Gasteiger partial charge in [-0.1, -0.05) is 12.1 Å². The Balaban J connectivity index is 1.94. The number of hydrogen-bond acceptors (Lipinski definition) is 4. The van der Waals surface area contributed by atoms with Crippen LogP contribution in [0.25, 0.3) is 10.9 Å². The molecule has 1 heterocycles. The number of pyridine rings is 1. The molecule has 0 radical (unpaired) electrons. The Morgan fingerprint density at radius 3 is 2.54 bits per heavy atom. The van der Waals surface area contributed by atoms with E-state index in [1.807, 2.05) is 32.0 Å². The van der Waals surface area contributed by atoms with Crippen LogP contribution < -0.4 is 10.3 Å². The van der Waals surface area contributed by atoms with Crippen LogP contribution in [0.5, 0.6) is 0 Å². The van der Waals surface area contributed by atoms with E-state index in [-0.39, 0.29) is 22.6 Å². The molecule has 132 valence electrons. The highest BCUT2D eigenvalue weighted by Gasteiger charge is 2.18. The third kappa shape index (κ3) is 3.38. The number of sulfonamides is 1. The number of aromatic nitrogens is 1. The molecule has 3 rings (SSSR count). The summed E-state index contributed by atoms with van der Waals surface area (Å²) in [4.78, 5) is 14.9. The number of nitriles is 1. The van der Waals surface area contributed by atoms with Gasteiger partial charge in [-0.3, -0.25) is 4.79 Å². The SMILES string of the molecule is Cc1cc2cc(CNS(=O)(=O)c3ccccc3C#N)c(=O)[nH]c2cc1C. The molecule has 1 aromatic heterocycles. The monoisotopic (exact) mass is 367 g/mol. The average molecular weight is 367 g/mol. The lowest BCUT2D eigenvalue weighted by Gasteiger charge is -2.09. The van der Waals surface area contributed by atoms with Crippen molar-refractivity contribution in [3.05, 3.63) is 75.1 Å². The molecule has 7 heteroatoms. The minimum absolute atomic E-state index is 0.0542. The Morgan fingerprint density at radius 2 is 1.81 bits per heavy atom. The van der Waals surface area contributed by atoms with Crippen LogP contribution in [0.3, 0.4) is 0 Å². The van der Waals surface area contributed by atoms with Gasteiger partial charge in [0.1, 0.15) is 6.07 Å². The van der Waals surface area contributed by atoms with Crippen LogP contribution >= 0.6 is 0 Å². The van der Waals surface area contributed by atoms with Gasteiger partial charge in [0.05, 0.1) is 10.5 Å². The number of nitrogens with one attached hydrogen (secondary N) is 2. The van der Waals surface area contributed by atoms with Crippen molar-refractivity contribution in [1.82, 2.24) is 9.71 Å². The third-order valence-corrected chi connectivity index (χ3v) is 5.74. The topological polar surface area (TPSA) is 103 Å². The Bertz CT molecular complexity index is 1200. The van der Waals surface area contributed by atoms with Gasteiger partial charge in [0.15, 0.2) is 0 Å². The first-order valence-electron chi connectivity index (χ1n) is 7.94. The van der Waals surface area contributed by atoms with Crippen LogP contribution in [0, 0.1) is 25.2 Å². The largest absolute Gasteiger partial charge is 0.322 e. The molecule has 0 spiro atoms. The molecule has 0 atom stereocenters. The highest BCUT2D eigenvalue weighted by atomic mass is 32.2. The summed E-state index contributed by atoms with van der Waals surface area (Å²) in [5.41, 5.74) is 2.86. The van der Waals surface area contributed by atoms with Crippen LogP contribution in [-0.2, 0) is 16.6 Å². The molecule has 6 nitrogen and oxygen atoms in total. The van der Waals surface area contributed by atoms with Crippen molar-refractivity contribution in [3.63, 3.8) is 0 Å². The van der Waals surface area contributed by atoms with Gasteiger partial charge in [-0.25, -0.2) is 13.1 Å². The summed E-state index contributed by atoms with van der Waals surface area (Å²) in [5, 5.41) is 9.91. The summed E-state index contributed by atoms with van der Waals surface area (Å²) in [6.07, 6.45) is 0. The predicted octanol–water partition coefficient (Wildman–Crippen LogP) is 2.50. The maximum absolute atomic E-state index is 12.5. The van der Waals surface area contributed by atoms with Crippen molar-refractivity contribution < 1.29 is 8.42 Å². The van der Waals surface area contributed by atoms with Crippen LogP contribution in [0.15, 0.2) is 52.2 Å². The number of fused-ring (bicyclic) bond motifs is 1. The summed E-state index contributed by atoms with van der Waals surface area (Å²) in [6.45, 7) is 3.77. The molecule has 0 aliphatic heterocycles. The van der Waals surface area contributed by atoms with E-state index in [0.717, 1.165) is 16.5 Å². The lowest BCUT2D eigenvalue weighted by atomic mass is 10.1. The fourth-order valence-electron chi connectivity index (χ4n) is 2.70. The number of aryl methyl sites for hydroxylation is 2. The van der Waals surface area contributed by atoms with E-state index in [2.05, 4.69) is 9.71 Å². The molecular formula is C19H17N3O3S. The Morgan fingerprint density at radius 1 is 1.12 bits per heavy atom. The lowest BCUT2D eigenvalue weighted by Crippen LogP contribution is -2.27. The number of hydrogen-bond donors (Lipinski definition) is 2. The minimum Gasteiger partial charge on any atom is -0.322 e. The molecule has 0 aliphatic carbocycles. The summed E-state index contributed by atoms with van der Waals surface area (Å²) in [6, 6.07) is 13.3. The van der Waals surface area contributed by atoms with Gasteiger partial charge in [0.25, 0.3) is 5.56 Å². The van der Waals surface area contributed by atoms with Crippen molar-refractivity contribution in [2.75, 3.05) is 0 Å². The molecule has 2 N–H and O–H groups in total. The lowest BCUT2D eigenvalue weighted by molar-refractivity contribution is 0.581. The molecule has 0 unspecified atom stereocenters. The highest BCUT2D eigenvalue weighted by molar-refractivity contribution is 7.89. The maximum Gasteiger partial charge on any atom is 0.252 e. The van der Waals surface area contributed by atoms with Crippen LogP contribution in [0.1, 0.15) is 22.3 Å². The van der Waals surface area contributed by atoms with E-state index < -0.39 is 10.0 Å². The smallest absolute Gasteiger partial charge is 0.252 e. The summed E-state index contributed by atoms with van der Waals surface area (Å²) in [5.74, 6) is 0. The predicted molar refractivity (Wildman–Crippen MR) is 99.2 cm³/mol. The summed E-state index contributed by atoms with van der Waals surface area (Å²) >= 11 is 0. The van der Waals surface area contributed by atoms with Crippen molar-refractivity contribution in [2.24, 2.45) is 0 Å². The van der Waals surface area contributed by atoms with Gasteiger partial charge >= 0.3 is 0 Å². The molecule has 2 aromatic carbocycles. The van der Waals surface area contributed by atoms with E-state index in [0.29, 0.717) is 11.1 Å². The summed E-state index contributed by atoms with van der Waals surface area (Å²) < 4.78 is 27.4. The zero-order chi connectivity index (χ0) is 18.9. The quantitative estimate of drug-likeness (QED) is 0.739. The van der Waals surface area contributed by atoms with Crippen molar-refractivity contribution in [1.29, 1.82) is 5.26 Å². The Kier molecular flexibility index (Phi) is 4.64. The normalized spacial score (nSPS) is 11.4. The molecule has 26 heavy (non-hydrogen) atoms. The maximum atomic E-state index is 12.5. The zero-order valence-corrected chi connectivity index (χ0v) is 15.1.